The zero-order valence-electron chi connectivity index (χ0n) is 8.48. The van der Waals surface area contributed by atoms with E-state index in [1.165, 1.54) is 0 Å². The molecule has 0 saturated heterocycles. The Balaban J connectivity index is 2.33. The number of nitrogens with zero attached hydrogens (tertiary/aromatic N) is 2. The van der Waals surface area contributed by atoms with E-state index in [9.17, 15) is 9.59 Å². The first-order chi connectivity index (χ1) is 8.18. The van der Waals surface area contributed by atoms with E-state index in [1.54, 1.807) is 0 Å². The normalized spacial score (nSPS) is 11.1. The Labute approximate surface area is 104 Å². The van der Waals surface area contributed by atoms with E-state index in [0.717, 1.165) is 5.56 Å². The summed E-state index contributed by atoms with van der Waals surface area (Å²) in [5.74, 6) is 0. The minimum absolute atomic E-state index is 0.140. The van der Waals surface area contributed by atoms with Gasteiger partial charge in [-0.25, -0.2) is 9.97 Å². The third kappa shape index (κ3) is 1.43. The summed E-state index contributed by atoms with van der Waals surface area (Å²) in [5.41, 5.74) is 0.620. The van der Waals surface area contributed by atoms with Crippen LogP contribution in [0.5, 0.6) is 0 Å². The zero-order valence-corrected chi connectivity index (χ0v) is 10.1. The highest BCUT2D eigenvalue weighted by Crippen LogP contribution is 2.35. The Morgan fingerprint density at radius 1 is 0.882 bits per heavy atom. The predicted octanol–water partition coefficient (Wildman–Crippen LogP) is 1.61. The Bertz CT molecular complexity index is 745. The molecule has 0 aromatic heterocycles. The largest absolute Gasteiger partial charge is 0.320 e. The van der Waals surface area contributed by atoms with Crippen molar-refractivity contribution in [2.75, 3.05) is 0 Å². The summed E-state index contributed by atoms with van der Waals surface area (Å²) in [6.45, 7) is 0. The number of fused-ring (bicyclic) bond motifs is 1. The van der Waals surface area contributed by atoms with Gasteiger partial charge in [0.1, 0.15) is 11.4 Å². The molecule has 17 heavy (non-hydrogen) atoms. The molecule has 0 amide bonds. The van der Waals surface area contributed by atoms with Gasteiger partial charge in [-0.3, -0.25) is 9.59 Å². The first kappa shape index (κ1) is 10.3. The quantitative estimate of drug-likeness (QED) is 0.638. The van der Waals surface area contributed by atoms with Crippen LogP contribution in [0.2, 0.25) is 0 Å². The molecule has 0 saturated carbocycles. The Kier molecular flexibility index (Phi) is 2.16. The maximum Gasteiger partial charge on any atom is 0.320 e. The average molecular weight is 289 g/mol. The molecule has 1 aromatic rings. The predicted molar refractivity (Wildman–Crippen MR) is 66.7 cm³/mol. The second kappa shape index (κ2) is 3.56. The van der Waals surface area contributed by atoms with Gasteiger partial charge in [-0.05, 0) is 15.9 Å². The topological polar surface area (TPSA) is 59.9 Å². The summed E-state index contributed by atoms with van der Waals surface area (Å²) in [5, 5.41) is 0. The average Bonchev–Trinajstić information content (AvgIpc) is 2.81. The summed E-state index contributed by atoms with van der Waals surface area (Å²) in [4.78, 5) is 30.4. The SMILES string of the molecule is O=c1nc2c(Br)c(-c3ccccc3)nc-2c1=O. The second-order valence-electron chi connectivity index (χ2n) is 3.58. The van der Waals surface area contributed by atoms with Crippen LogP contribution in [0, 0.1) is 0 Å². The molecule has 0 spiro atoms. The van der Waals surface area contributed by atoms with Crippen molar-refractivity contribution in [1.82, 2.24) is 9.97 Å². The van der Waals surface area contributed by atoms with Gasteiger partial charge >= 0.3 is 5.56 Å². The fraction of sp³-hybridized carbons (Fsp3) is 0. The van der Waals surface area contributed by atoms with Gasteiger partial charge in [0.2, 0.25) is 0 Å². The van der Waals surface area contributed by atoms with Gasteiger partial charge in [0.25, 0.3) is 5.43 Å². The molecule has 0 aliphatic carbocycles. The number of benzene rings is 1. The molecule has 2 heterocycles. The summed E-state index contributed by atoms with van der Waals surface area (Å²) in [6, 6.07) is 9.42. The van der Waals surface area contributed by atoms with Gasteiger partial charge in [0, 0.05) is 5.56 Å². The van der Waals surface area contributed by atoms with Crippen LogP contribution >= 0.6 is 15.9 Å². The summed E-state index contributed by atoms with van der Waals surface area (Å²) in [7, 11) is 0. The molecular formula is C12H5BrN2O2. The molecule has 3 rings (SSSR count). The molecule has 2 aliphatic heterocycles. The maximum atomic E-state index is 11.5. The monoisotopic (exact) mass is 288 g/mol. The van der Waals surface area contributed by atoms with Crippen molar-refractivity contribution in [3.63, 3.8) is 0 Å². The van der Waals surface area contributed by atoms with Crippen LogP contribution in [0.4, 0.5) is 0 Å². The molecule has 5 heteroatoms. The van der Waals surface area contributed by atoms with Crippen molar-refractivity contribution in [3.05, 3.63) is 55.4 Å². The van der Waals surface area contributed by atoms with E-state index < -0.39 is 11.0 Å². The van der Waals surface area contributed by atoms with Crippen molar-refractivity contribution >= 4 is 15.9 Å². The van der Waals surface area contributed by atoms with Crippen molar-refractivity contribution in [3.8, 4) is 22.6 Å². The molecule has 0 unspecified atom stereocenters. The Hall–Kier alpha value is -1.88. The fourth-order valence-corrected chi connectivity index (χ4v) is 2.33. The van der Waals surface area contributed by atoms with E-state index in [0.29, 0.717) is 15.9 Å². The van der Waals surface area contributed by atoms with Gasteiger partial charge < -0.3 is 0 Å². The van der Waals surface area contributed by atoms with Crippen molar-refractivity contribution in [2.45, 2.75) is 0 Å². The third-order valence-corrected chi connectivity index (χ3v) is 3.28. The number of hydrogen-bond acceptors (Lipinski definition) is 4. The summed E-state index contributed by atoms with van der Waals surface area (Å²) >= 11 is 3.33. The van der Waals surface area contributed by atoms with Gasteiger partial charge in [0.15, 0.2) is 0 Å². The molecule has 0 bridgehead atoms. The fourth-order valence-electron chi connectivity index (χ4n) is 1.73. The number of aromatic nitrogens is 2. The maximum absolute atomic E-state index is 11.5. The summed E-state index contributed by atoms with van der Waals surface area (Å²) < 4.78 is 0.595. The van der Waals surface area contributed by atoms with Crippen LogP contribution in [0.15, 0.2) is 44.4 Å². The van der Waals surface area contributed by atoms with Crippen LogP contribution in [0.25, 0.3) is 22.6 Å². The van der Waals surface area contributed by atoms with Gasteiger partial charge in [-0.2, -0.15) is 0 Å². The van der Waals surface area contributed by atoms with Crippen molar-refractivity contribution in [2.24, 2.45) is 0 Å². The number of halogens is 1. The standard InChI is InChI=1S/C12H5BrN2O2/c13-7-8(6-4-2-1-3-5-6)14-10-9(7)15-12(17)11(10)16/h1-5H. The Morgan fingerprint density at radius 2 is 1.59 bits per heavy atom. The lowest BCUT2D eigenvalue weighted by molar-refractivity contribution is 1.30. The van der Waals surface area contributed by atoms with E-state index in [2.05, 4.69) is 25.9 Å². The van der Waals surface area contributed by atoms with Gasteiger partial charge in [0.05, 0.1) is 10.2 Å². The lowest BCUT2D eigenvalue weighted by Crippen LogP contribution is -2.19. The molecule has 0 atom stereocenters. The van der Waals surface area contributed by atoms with E-state index in [-0.39, 0.29) is 5.69 Å². The molecular weight excluding hydrogens is 284 g/mol. The highest BCUT2D eigenvalue weighted by Gasteiger charge is 2.24. The summed E-state index contributed by atoms with van der Waals surface area (Å²) in [6.07, 6.45) is 0. The van der Waals surface area contributed by atoms with Crippen LogP contribution in [0.1, 0.15) is 0 Å². The minimum atomic E-state index is -0.747. The van der Waals surface area contributed by atoms with Crippen molar-refractivity contribution in [1.29, 1.82) is 0 Å². The van der Waals surface area contributed by atoms with E-state index >= 15 is 0 Å². The van der Waals surface area contributed by atoms with Crippen LogP contribution in [0.3, 0.4) is 0 Å². The molecule has 0 radical (unpaired) electrons. The minimum Gasteiger partial charge on any atom is -0.281 e. The number of hydrogen-bond donors (Lipinski definition) is 0. The molecule has 1 aromatic carbocycles. The first-order valence-electron chi connectivity index (χ1n) is 4.90. The number of rotatable bonds is 1. The van der Waals surface area contributed by atoms with Crippen LogP contribution < -0.4 is 11.0 Å². The second-order valence-corrected chi connectivity index (χ2v) is 4.38. The van der Waals surface area contributed by atoms with Crippen molar-refractivity contribution < 1.29 is 0 Å². The highest BCUT2D eigenvalue weighted by molar-refractivity contribution is 9.10. The lowest BCUT2D eigenvalue weighted by atomic mass is 10.1. The molecule has 4 nitrogen and oxygen atoms in total. The zero-order chi connectivity index (χ0) is 12.0. The molecule has 82 valence electrons. The van der Waals surface area contributed by atoms with Gasteiger partial charge in [-0.1, -0.05) is 30.3 Å². The van der Waals surface area contributed by atoms with Crippen LogP contribution in [-0.2, 0) is 0 Å². The first-order valence-corrected chi connectivity index (χ1v) is 5.70. The Morgan fingerprint density at radius 3 is 2.24 bits per heavy atom. The lowest BCUT2D eigenvalue weighted by Gasteiger charge is -1.95. The third-order valence-electron chi connectivity index (χ3n) is 2.53. The highest BCUT2D eigenvalue weighted by atomic mass is 79.9. The van der Waals surface area contributed by atoms with Crippen LogP contribution in [-0.4, -0.2) is 9.97 Å². The smallest absolute Gasteiger partial charge is 0.281 e. The van der Waals surface area contributed by atoms with E-state index in [4.69, 9.17) is 0 Å². The molecule has 2 aliphatic rings. The van der Waals surface area contributed by atoms with Gasteiger partial charge in [-0.15, -0.1) is 0 Å². The molecule has 0 N–H and O–H groups in total. The van der Waals surface area contributed by atoms with E-state index in [1.807, 2.05) is 30.3 Å². The molecule has 0 fully saturated rings.